The summed E-state index contributed by atoms with van der Waals surface area (Å²) >= 11 is 13.1. The molecule has 0 bridgehead atoms. The Bertz CT molecular complexity index is 898. The third-order valence-electron chi connectivity index (χ3n) is 4.27. The highest BCUT2D eigenvalue weighted by atomic mass is 35.5. The molecule has 0 saturated carbocycles. The highest BCUT2D eigenvalue weighted by Gasteiger charge is 2.40. The highest BCUT2D eigenvalue weighted by Crippen LogP contribution is 2.33. The number of imide groups is 1. The summed E-state index contributed by atoms with van der Waals surface area (Å²) in [6.45, 7) is 2.06. The number of amides is 3. The van der Waals surface area contributed by atoms with Gasteiger partial charge in [-0.25, -0.2) is 4.90 Å². The second-order valence-electron chi connectivity index (χ2n) is 6.30. The third-order valence-corrected chi connectivity index (χ3v) is 5.91. The SMILES string of the molecule is CCc1ccc(NC(=O)CS[C@@H]2CC(=O)N(c3cc(Cl)cc(Cl)c3)C2=O)cc1. The molecule has 5 nitrogen and oxygen atoms in total. The van der Waals surface area contributed by atoms with Crippen molar-refractivity contribution in [2.24, 2.45) is 0 Å². The van der Waals surface area contributed by atoms with Crippen LogP contribution in [0.4, 0.5) is 11.4 Å². The molecule has 3 amide bonds. The van der Waals surface area contributed by atoms with Crippen LogP contribution in [0.1, 0.15) is 18.9 Å². The molecular weight excluding hydrogens is 419 g/mol. The Labute approximate surface area is 177 Å². The van der Waals surface area contributed by atoms with Gasteiger partial charge in [0.25, 0.3) is 0 Å². The van der Waals surface area contributed by atoms with Crippen LogP contribution in [0, 0.1) is 0 Å². The number of anilines is 2. The van der Waals surface area contributed by atoms with Gasteiger partial charge >= 0.3 is 0 Å². The maximum absolute atomic E-state index is 12.6. The predicted molar refractivity (Wildman–Crippen MR) is 114 cm³/mol. The third kappa shape index (κ3) is 4.87. The minimum Gasteiger partial charge on any atom is -0.325 e. The minimum absolute atomic E-state index is 0.0338. The van der Waals surface area contributed by atoms with E-state index in [1.807, 2.05) is 24.3 Å². The van der Waals surface area contributed by atoms with Gasteiger partial charge in [-0.2, -0.15) is 0 Å². The monoisotopic (exact) mass is 436 g/mol. The van der Waals surface area contributed by atoms with Crippen LogP contribution in [0.5, 0.6) is 0 Å². The molecule has 1 N–H and O–H groups in total. The summed E-state index contributed by atoms with van der Waals surface area (Å²) in [5.74, 6) is -0.854. The molecule has 1 aliphatic heterocycles. The number of thioether (sulfide) groups is 1. The molecule has 28 heavy (non-hydrogen) atoms. The zero-order valence-corrected chi connectivity index (χ0v) is 17.4. The fourth-order valence-electron chi connectivity index (χ4n) is 2.87. The molecule has 1 fully saturated rings. The van der Waals surface area contributed by atoms with Gasteiger partial charge in [-0.3, -0.25) is 14.4 Å². The summed E-state index contributed by atoms with van der Waals surface area (Å²) in [4.78, 5) is 38.2. The first-order chi connectivity index (χ1) is 13.4. The molecule has 0 radical (unpaired) electrons. The molecule has 1 heterocycles. The lowest BCUT2D eigenvalue weighted by Crippen LogP contribution is -2.31. The number of nitrogens with one attached hydrogen (secondary N) is 1. The Balaban J connectivity index is 1.59. The summed E-state index contributed by atoms with van der Waals surface area (Å²) in [5, 5.41) is 2.86. The maximum Gasteiger partial charge on any atom is 0.247 e. The van der Waals surface area contributed by atoms with Gasteiger partial charge < -0.3 is 5.32 Å². The summed E-state index contributed by atoms with van der Waals surface area (Å²) < 4.78 is 0. The highest BCUT2D eigenvalue weighted by molar-refractivity contribution is 8.01. The first kappa shape index (κ1) is 20.7. The number of halogens is 2. The summed E-state index contributed by atoms with van der Waals surface area (Å²) in [6, 6.07) is 12.2. The Morgan fingerprint density at radius 2 is 1.79 bits per heavy atom. The van der Waals surface area contributed by atoms with Crippen LogP contribution in [0.3, 0.4) is 0 Å². The van der Waals surface area contributed by atoms with E-state index in [1.54, 1.807) is 0 Å². The lowest BCUT2D eigenvalue weighted by atomic mass is 10.1. The van der Waals surface area contributed by atoms with Crippen LogP contribution in [0.15, 0.2) is 42.5 Å². The molecule has 0 spiro atoms. The van der Waals surface area contributed by atoms with Gasteiger partial charge in [0.2, 0.25) is 17.7 Å². The number of hydrogen-bond donors (Lipinski definition) is 1. The molecule has 1 aliphatic rings. The zero-order valence-electron chi connectivity index (χ0n) is 15.1. The molecule has 0 aliphatic carbocycles. The Kier molecular flexibility index (Phi) is 6.65. The van der Waals surface area contributed by atoms with Crippen molar-refractivity contribution >= 4 is 64.1 Å². The van der Waals surface area contributed by atoms with Crippen molar-refractivity contribution in [3.05, 3.63) is 58.1 Å². The van der Waals surface area contributed by atoms with Crippen molar-refractivity contribution in [3.63, 3.8) is 0 Å². The van der Waals surface area contributed by atoms with E-state index in [0.29, 0.717) is 21.4 Å². The molecule has 1 atom stereocenters. The van der Waals surface area contributed by atoms with Gasteiger partial charge in [0.1, 0.15) is 0 Å². The summed E-state index contributed by atoms with van der Waals surface area (Å²) in [6.07, 6.45) is 0.961. The lowest BCUT2D eigenvalue weighted by Gasteiger charge is -2.15. The van der Waals surface area contributed by atoms with Crippen molar-refractivity contribution in [3.8, 4) is 0 Å². The van der Waals surface area contributed by atoms with Crippen LogP contribution in [0.25, 0.3) is 0 Å². The average molecular weight is 437 g/mol. The van der Waals surface area contributed by atoms with E-state index in [2.05, 4.69) is 12.2 Å². The fraction of sp³-hybridized carbons (Fsp3) is 0.250. The van der Waals surface area contributed by atoms with E-state index < -0.39 is 5.25 Å². The van der Waals surface area contributed by atoms with E-state index in [4.69, 9.17) is 23.2 Å². The van der Waals surface area contributed by atoms with E-state index in [9.17, 15) is 14.4 Å². The van der Waals surface area contributed by atoms with Gasteiger partial charge in [-0.1, -0.05) is 42.3 Å². The second-order valence-corrected chi connectivity index (χ2v) is 8.36. The Hall–Kier alpha value is -2.02. The lowest BCUT2D eigenvalue weighted by molar-refractivity contribution is -0.121. The second kappa shape index (κ2) is 8.99. The molecule has 1 saturated heterocycles. The molecule has 0 aromatic heterocycles. The average Bonchev–Trinajstić information content (AvgIpc) is 2.93. The molecule has 2 aromatic carbocycles. The fourth-order valence-corrected chi connectivity index (χ4v) is 4.32. The number of carbonyl (C=O) groups excluding carboxylic acids is 3. The molecule has 8 heteroatoms. The Morgan fingerprint density at radius 3 is 2.39 bits per heavy atom. The van der Waals surface area contributed by atoms with Gasteiger partial charge in [-0.15, -0.1) is 11.8 Å². The predicted octanol–water partition coefficient (Wildman–Crippen LogP) is 4.56. The largest absolute Gasteiger partial charge is 0.325 e. The van der Waals surface area contributed by atoms with Crippen LogP contribution >= 0.6 is 35.0 Å². The van der Waals surface area contributed by atoms with Crippen molar-refractivity contribution in [2.45, 2.75) is 25.0 Å². The summed E-state index contributed by atoms with van der Waals surface area (Å²) in [7, 11) is 0. The first-order valence-electron chi connectivity index (χ1n) is 8.70. The number of aryl methyl sites for hydroxylation is 1. The molecular formula is C20H18Cl2N2O3S. The number of hydrogen-bond acceptors (Lipinski definition) is 4. The number of nitrogens with zero attached hydrogens (tertiary/aromatic N) is 1. The van der Waals surface area contributed by atoms with Gasteiger partial charge in [0.05, 0.1) is 16.7 Å². The number of rotatable bonds is 6. The van der Waals surface area contributed by atoms with Crippen LogP contribution in [0.2, 0.25) is 10.0 Å². The topological polar surface area (TPSA) is 66.5 Å². The van der Waals surface area contributed by atoms with Crippen LogP contribution in [-0.4, -0.2) is 28.7 Å². The van der Waals surface area contributed by atoms with E-state index in [1.165, 1.54) is 23.8 Å². The molecule has 2 aromatic rings. The zero-order chi connectivity index (χ0) is 20.3. The summed E-state index contributed by atoms with van der Waals surface area (Å²) in [5.41, 5.74) is 2.23. The normalized spacial score (nSPS) is 16.5. The van der Waals surface area contributed by atoms with E-state index >= 15 is 0 Å². The van der Waals surface area contributed by atoms with Crippen molar-refractivity contribution in [2.75, 3.05) is 16.0 Å². The first-order valence-corrected chi connectivity index (χ1v) is 10.5. The van der Waals surface area contributed by atoms with E-state index in [0.717, 1.165) is 23.1 Å². The quantitative estimate of drug-likeness (QED) is 0.673. The van der Waals surface area contributed by atoms with Gasteiger partial charge in [-0.05, 0) is 42.3 Å². The minimum atomic E-state index is -0.613. The number of benzene rings is 2. The molecule has 0 unspecified atom stereocenters. The Morgan fingerprint density at radius 1 is 1.14 bits per heavy atom. The standard InChI is InChI=1S/C20H18Cl2N2O3S/c1-2-12-3-5-15(6-4-12)23-18(25)11-28-17-10-19(26)24(20(17)27)16-8-13(21)7-14(22)9-16/h3-9,17H,2,10-11H2,1H3,(H,23,25)/t17-/m1/s1. The van der Waals surface area contributed by atoms with Crippen molar-refractivity contribution in [1.82, 2.24) is 0 Å². The van der Waals surface area contributed by atoms with Gasteiger partial charge in [0, 0.05) is 22.2 Å². The van der Waals surface area contributed by atoms with Crippen molar-refractivity contribution in [1.29, 1.82) is 0 Å². The smallest absolute Gasteiger partial charge is 0.247 e. The number of carbonyl (C=O) groups is 3. The molecule has 146 valence electrons. The van der Waals surface area contributed by atoms with Crippen LogP contribution in [-0.2, 0) is 20.8 Å². The van der Waals surface area contributed by atoms with Crippen LogP contribution < -0.4 is 10.2 Å². The maximum atomic E-state index is 12.6. The van der Waals surface area contributed by atoms with Crippen molar-refractivity contribution < 1.29 is 14.4 Å². The van der Waals surface area contributed by atoms with Gasteiger partial charge in [0.15, 0.2) is 0 Å². The van der Waals surface area contributed by atoms with E-state index in [-0.39, 0.29) is 29.9 Å². The molecule has 3 rings (SSSR count).